The van der Waals surface area contributed by atoms with Crippen LogP contribution in [0.4, 0.5) is 4.79 Å². The lowest BCUT2D eigenvalue weighted by Crippen LogP contribution is -2.38. The van der Waals surface area contributed by atoms with E-state index in [2.05, 4.69) is 22.6 Å². The van der Waals surface area contributed by atoms with E-state index in [1.54, 1.807) is 0 Å². The van der Waals surface area contributed by atoms with Crippen LogP contribution >= 0.6 is 0 Å². The number of fused-ring (bicyclic) bond motifs is 1. The lowest BCUT2D eigenvalue weighted by molar-refractivity contribution is 0.205. The molecule has 0 bridgehead atoms. The Morgan fingerprint density at radius 1 is 1.42 bits per heavy atom. The van der Waals surface area contributed by atoms with Crippen molar-refractivity contribution >= 4 is 6.03 Å². The molecule has 2 amide bonds. The van der Waals surface area contributed by atoms with Crippen LogP contribution in [0.1, 0.15) is 24.3 Å². The lowest BCUT2D eigenvalue weighted by atomic mass is 9.86. The number of hydrogen-bond donors (Lipinski definition) is 1. The topological polar surface area (TPSA) is 58.4 Å². The van der Waals surface area contributed by atoms with Crippen LogP contribution in [0.25, 0.3) is 0 Å². The van der Waals surface area contributed by atoms with Gasteiger partial charge in [-0.3, -0.25) is 0 Å². The first-order valence-corrected chi connectivity index (χ1v) is 6.82. The summed E-state index contributed by atoms with van der Waals surface area (Å²) in [4.78, 5) is 14.0. The van der Waals surface area contributed by atoms with E-state index in [1.165, 1.54) is 0 Å². The SMILES string of the molecule is Cc1cc(CNC(=O)N2C[C@H]3CC=CC[C@H]3C2)no1. The zero-order chi connectivity index (χ0) is 13.2. The fraction of sp³-hybridized carbons (Fsp3) is 0.571. The number of carbonyl (C=O) groups excluding carboxylic acids is 1. The Morgan fingerprint density at radius 3 is 2.68 bits per heavy atom. The quantitative estimate of drug-likeness (QED) is 0.829. The van der Waals surface area contributed by atoms with Crippen molar-refractivity contribution < 1.29 is 9.32 Å². The second-order valence-electron chi connectivity index (χ2n) is 5.46. The molecule has 5 nitrogen and oxygen atoms in total. The Labute approximate surface area is 112 Å². The molecule has 2 atom stereocenters. The van der Waals surface area contributed by atoms with Crippen LogP contribution in [0.3, 0.4) is 0 Å². The van der Waals surface area contributed by atoms with Crippen molar-refractivity contribution in [3.8, 4) is 0 Å². The first kappa shape index (κ1) is 12.3. The molecular formula is C14H19N3O2. The molecule has 5 heteroatoms. The van der Waals surface area contributed by atoms with Gasteiger partial charge in [0.1, 0.15) is 11.5 Å². The third kappa shape index (κ3) is 2.64. The molecule has 1 aliphatic carbocycles. The summed E-state index contributed by atoms with van der Waals surface area (Å²) in [6, 6.07) is 1.85. The molecular weight excluding hydrogens is 242 g/mol. The number of hydrogen-bond acceptors (Lipinski definition) is 3. The third-order valence-corrected chi connectivity index (χ3v) is 4.01. The highest BCUT2D eigenvalue weighted by molar-refractivity contribution is 5.74. The second-order valence-corrected chi connectivity index (χ2v) is 5.46. The van der Waals surface area contributed by atoms with Crippen molar-refractivity contribution in [2.24, 2.45) is 11.8 Å². The Balaban J connectivity index is 1.51. The molecule has 2 aliphatic rings. The van der Waals surface area contributed by atoms with E-state index >= 15 is 0 Å². The van der Waals surface area contributed by atoms with Gasteiger partial charge in [0.25, 0.3) is 0 Å². The molecule has 3 rings (SSSR count). The van der Waals surface area contributed by atoms with Gasteiger partial charge < -0.3 is 14.7 Å². The minimum atomic E-state index is 0.00931. The van der Waals surface area contributed by atoms with E-state index in [0.717, 1.165) is 37.4 Å². The molecule has 102 valence electrons. The van der Waals surface area contributed by atoms with Crippen molar-refractivity contribution in [3.63, 3.8) is 0 Å². The van der Waals surface area contributed by atoms with Crippen molar-refractivity contribution in [2.75, 3.05) is 13.1 Å². The van der Waals surface area contributed by atoms with Crippen molar-refractivity contribution in [2.45, 2.75) is 26.3 Å². The maximum Gasteiger partial charge on any atom is 0.317 e. The van der Waals surface area contributed by atoms with E-state index in [4.69, 9.17) is 4.52 Å². The van der Waals surface area contributed by atoms with Crippen molar-refractivity contribution in [1.29, 1.82) is 0 Å². The lowest BCUT2D eigenvalue weighted by Gasteiger charge is -2.17. The molecule has 1 N–H and O–H groups in total. The molecule has 2 heterocycles. The maximum atomic E-state index is 12.1. The van der Waals surface area contributed by atoms with Gasteiger partial charge in [0.15, 0.2) is 0 Å². The van der Waals surface area contributed by atoms with E-state index in [0.29, 0.717) is 18.4 Å². The number of aromatic nitrogens is 1. The van der Waals surface area contributed by atoms with E-state index < -0.39 is 0 Å². The summed E-state index contributed by atoms with van der Waals surface area (Å²) in [5.41, 5.74) is 0.768. The average molecular weight is 261 g/mol. The molecule has 0 unspecified atom stereocenters. The van der Waals surface area contributed by atoms with Gasteiger partial charge in [0.05, 0.1) is 6.54 Å². The zero-order valence-electron chi connectivity index (χ0n) is 11.1. The van der Waals surface area contributed by atoms with E-state index in [1.807, 2.05) is 17.9 Å². The predicted octanol–water partition coefficient (Wildman–Crippen LogP) is 2.09. The molecule has 1 aromatic heterocycles. The first-order valence-electron chi connectivity index (χ1n) is 6.82. The van der Waals surface area contributed by atoms with Crippen LogP contribution in [0.2, 0.25) is 0 Å². The molecule has 0 saturated carbocycles. The predicted molar refractivity (Wildman–Crippen MR) is 70.4 cm³/mol. The Morgan fingerprint density at radius 2 is 2.11 bits per heavy atom. The zero-order valence-corrected chi connectivity index (χ0v) is 11.1. The molecule has 0 spiro atoms. The normalized spacial score (nSPS) is 25.4. The number of aryl methyl sites for hydroxylation is 1. The summed E-state index contributed by atoms with van der Waals surface area (Å²) >= 11 is 0. The molecule has 1 aromatic rings. The minimum Gasteiger partial charge on any atom is -0.361 e. The molecule has 1 fully saturated rings. The van der Waals surface area contributed by atoms with E-state index in [-0.39, 0.29) is 6.03 Å². The number of urea groups is 1. The molecule has 19 heavy (non-hydrogen) atoms. The first-order chi connectivity index (χ1) is 9.22. The highest BCUT2D eigenvalue weighted by atomic mass is 16.5. The fourth-order valence-corrected chi connectivity index (χ4v) is 2.96. The smallest absolute Gasteiger partial charge is 0.317 e. The molecule has 1 aliphatic heterocycles. The monoisotopic (exact) mass is 261 g/mol. The minimum absolute atomic E-state index is 0.00931. The van der Waals surface area contributed by atoms with Gasteiger partial charge in [-0.1, -0.05) is 17.3 Å². The number of nitrogens with one attached hydrogen (secondary N) is 1. The van der Waals surface area contributed by atoms with Gasteiger partial charge >= 0.3 is 6.03 Å². The number of carbonyl (C=O) groups is 1. The number of rotatable bonds is 2. The third-order valence-electron chi connectivity index (χ3n) is 4.01. The van der Waals surface area contributed by atoms with Gasteiger partial charge in [0.2, 0.25) is 0 Å². The van der Waals surface area contributed by atoms with Gasteiger partial charge in [-0.2, -0.15) is 0 Å². The standard InChI is InChI=1S/C14H19N3O2/c1-10-6-13(16-19-10)7-15-14(18)17-8-11-4-2-3-5-12(11)9-17/h2-3,6,11-12H,4-5,7-9H2,1H3,(H,15,18)/t11-,12+. The van der Waals surface area contributed by atoms with Gasteiger partial charge in [0, 0.05) is 19.2 Å². The Hall–Kier alpha value is -1.78. The summed E-state index contributed by atoms with van der Waals surface area (Å²) in [6.45, 7) is 4.02. The Kier molecular flexibility index (Phi) is 3.27. The number of nitrogens with zero attached hydrogens (tertiary/aromatic N) is 2. The summed E-state index contributed by atoms with van der Waals surface area (Å²) in [5, 5.41) is 6.78. The van der Waals surface area contributed by atoms with Crippen LogP contribution in [0, 0.1) is 18.8 Å². The van der Waals surface area contributed by atoms with Crippen LogP contribution in [-0.4, -0.2) is 29.2 Å². The van der Waals surface area contributed by atoms with Gasteiger partial charge in [-0.15, -0.1) is 0 Å². The van der Waals surface area contributed by atoms with Crippen molar-refractivity contribution in [1.82, 2.24) is 15.4 Å². The maximum absolute atomic E-state index is 12.1. The van der Waals surface area contributed by atoms with Gasteiger partial charge in [-0.25, -0.2) is 4.79 Å². The molecule has 0 aromatic carbocycles. The van der Waals surface area contributed by atoms with Crippen LogP contribution in [0.15, 0.2) is 22.7 Å². The number of likely N-dealkylation sites (tertiary alicyclic amines) is 1. The molecule has 0 radical (unpaired) electrons. The van der Waals surface area contributed by atoms with E-state index in [9.17, 15) is 4.79 Å². The summed E-state index contributed by atoms with van der Waals surface area (Å²) in [5.74, 6) is 2.05. The average Bonchev–Trinajstić information content (AvgIpc) is 3.01. The Bertz CT molecular complexity index is 479. The van der Waals surface area contributed by atoms with Crippen LogP contribution < -0.4 is 5.32 Å². The van der Waals surface area contributed by atoms with Crippen LogP contribution in [0.5, 0.6) is 0 Å². The fourth-order valence-electron chi connectivity index (χ4n) is 2.96. The summed E-state index contributed by atoms with van der Waals surface area (Å²) in [7, 11) is 0. The largest absolute Gasteiger partial charge is 0.361 e. The number of allylic oxidation sites excluding steroid dienone is 2. The van der Waals surface area contributed by atoms with Crippen LogP contribution in [-0.2, 0) is 6.54 Å². The molecule has 1 saturated heterocycles. The summed E-state index contributed by atoms with van der Waals surface area (Å²) < 4.78 is 4.98. The highest BCUT2D eigenvalue weighted by Gasteiger charge is 2.34. The van der Waals surface area contributed by atoms with Crippen molar-refractivity contribution in [3.05, 3.63) is 29.7 Å². The van der Waals surface area contributed by atoms with Gasteiger partial charge in [-0.05, 0) is 31.6 Å². The number of amides is 2. The summed E-state index contributed by atoms with van der Waals surface area (Å²) in [6.07, 6.45) is 6.69. The second kappa shape index (κ2) is 5.07. The highest BCUT2D eigenvalue weighted by Crippen LogP contribution is 2.32.